The van der Waals surface area contributed by atoms with Gasteiger partial charge < -0.3 is 10.6 Å². The Kier molecular flexibility index (Phi) is 7.35. The van der Waals surface area contributed by atoms with E-state index in [2.05, 4.69) is 9.71 Å². The van der Waals surface area contributed by atoms with E-state index in [9.17, 15) is 18.5 Å². The predicted molar refractivity (Wildman–Crippen MR) is 101 cm³/mol. The number of nitro benzene ring substituents is 1. The van der Waals surface area contributed by atoms with E-state index in [4.69, 9.17) is 5.73 Å². The van der Waals surface area contributed by atoms with Crippen molar-refractivity contribution in [3.63, 3.8) is 0 Å². The van der Waals surface area contributed by atoms with Crippen molar-refractivity contribution >= 4 is 45.6 Å². The van der Waals surface area contributed by atoms with Gasteiger partial charge in [0.25, 0.3) is 5.69 Å². The first-order valence-corrected chi connectivity index (χ1v) is 8.56. The van der Waals surface area contributed by atoms with E-state index in [0.717, 1.165) is 18.9 Å². The molecule has 1 aromatic carbocycles. The molecule has 1 aliphatic carbocycles. The number of halogens is 1. The monoisotopic (exact) mass is 469 g/mol. The van der Waals surface area contributed by atoms with Gasteiger partial charge in [-0.3, -0.25) is 15.1 Å². The van der Waals surface area contributed by atoms with Crippen molar-refractivity contribution in [2.45, 2.75) is 23.8 Å². The minimum absolute atomic E-state index is 0. The number of sulfonamides is 1. The molecule has 2 rings (SSSR count). The molecule has 0 aromatic heterocycles. The van der Waals surface area contributed by atoms with E-state index < -0.39 is 14.9 Å². The van der Waals surface area contributed by atoms with E-state index in [1.165, 1.54) is 18.2 Å². The van der Waals surface area contributed by atoms with Crippen LogP contribution in [-0.4, -0.2) is 50.4 Å². The molecule has 134 valence electrons. The lowest BCUT2D eigenvalue weighted by molar-refractivity contribution is -0.385. The minimum atomic E-state index is -3.82. The molecule has 11 heteroatoms. The summed E-state index contributed by atoms with van der Waals surface area (Å²) in [5.74, 6) is 0.377. The molecule has 0 spiro atoms. The van der Waals surface area contributed by atoms with Crippen molar-refractivity contribution < 1.29 is 13.3 Å². The lowest BCUT2D eigenvalue weighted by Crippen LogP contribution is -2.36. The van der Waals surface area contributed by atoms with E-state index >= 15 is 0 Å². The van der Waals surface area contributed by atoms with Crippen LogP contribution >= 0.6 is 24.0 Å². The number of hydrogen-bond acceptors (Lipinski definition) is 5. The Morgan fingerprint density at radius 3 is 2.75 bits per heavy atom. The number of benzene rings is 1. The van der Waals surface area contributed by atoms with Gasteiger partial charge in [0.1, 0.15) is 0 Å². The first kappa shape index (κ1) is 20.6. The summed E-state index contributed by atoms with van der Waals surface area (Å²) < 4.78 is 26.5. The zero-order chi connectivity index (χ0) is 17.0. The second-order valence-corrected chi connectivity index (χ2v) is 7.00. The van der Waals surface area contributed by atoms with Crippen LogP contribution in [0, 0.1) is 10.1 Å². The van der Waals surface area contributed by atoms with Gasteiger partial charge in [-0.05, 0) is 18.9 Å². The SMILES string of the molecule is CN(C(N)=NCCNS(=O)(=O)c1cccc([N+](=O)[O-])c1)C1CC1.I. The number of non-ortho nitro benzene ring substituents is 1. The molecule has 3 N–H and O–H groups in total. The number of nitrogens with zero attached hydrogens (tertiary/aromatic N) is 3. The number of nitro groups is 1. The number of nitrogens with one attached hydrogen (secondary N) is 1. The molecule has 0 aliphatic heterocycles. The minimum Gasteiger partial charge on any atom is -0.370 e. The van der Waals surface area contributed by atoms with Crippen LogP contribution < -0.4 is 10.5 Å². The largest absolute Gasteiger partial charge is 0.370 e. The maximum atomic E-state index is 12.1. The van der Waals surface area contributed by atoms with Gasteiger partial charge in [-0.15, -0.1) is 24.0 Å². The van der Waals surface area contributed by atoms with Crippen LogP contribution in [0.4, 0.5) is 5.69 Å². The van der Waals surface area contributed by atoms with Gasteiger partial charge in [0.05, 0.1) is 16.4 Å². The molecule has 0 atom stereocenters. The Bertz CT molecular complexity index is 721. The molecule has 0 unspecified atom stereocenters. The van der Waals surface area contributed by atoms with Crippen LogP contribution in [0.1, 0.15) is 12.8 Å². The van der Waals surface area contributed by atoms with Crippen molar-refractivity contribution in [3.8, 4) is 0 Å². The third kappa shape index (κ3) is 5.56. The highest BCUT2D eigenvalue weighted by Crippen LogP contribution is 2.24. The summed E-state index contributed by atoms with van der Waals surface area (Å²) in [6, 6.07) is 5.31. The summed E-state index contributed by atoms with van der Waals surface area (Å²) in [6.07, 6.45) is 2.18. The maximum absolute atomic E-state index is 12.1. The number of nitrogens with two attached hydrogens (primary N) is 1. The molecule has 1 aromatic rings. The summed E-state index contributed by atoms with van der Waals surface area (Å²) >= 11 is 0. The van der Waals surface area contributed by atoms with Gasteiger partial charge in [0, 0.05) is 31.8 Å². The molecule has 0 bridgehead atoms. The van der Waals surface area contributed by atoms with Crippen LogP contribution in [-0.2, 0) is 10.0 Å². The second-order valence-electron chi connectivity index (χ2n) is 5.23. The first-order valence-electron chi connectivity index (χ1n) is 7.08. The summed E-state index contributed by atoms with van der Waals surface area (Å²) in [4.78, 5) is 15.9. The third-order valence-corrected chi connectivity index (χ3v) is 4.93. The number of aliphatic imine (C=N–C) groups is 1. The Morgan fingerprint density at radius 2 is 2.17 bits per heavy atom. The lowest BCUT2D eigenvalue weighted by Gasteiger charge is -2.16. The zero-order valence-corrected chi connectivity index (χ0v) is 16.2. The van der Waals surface area contributed by atoms with Gasteiger partial charge in [-0.25, -0.2) is 13.1 Å². The Balaban J connectivity index is 0.00000288. The van der Waals surface area contributed by atoms with Crippen LogP contribution in [0.15, 0.2) is 34.2 Å². The molecule has 0 amide bonds. The second kappa shape index (κ2) is 8.58. The molecule has 1 saturated carbocycles. The fourth-order valence-electron chi connectivity index (χ4n) is 1.96. The third-order valence-electron chi connectivity index (χ3n) is 3.47. The topological polar surface area (TPSA) is 131 Å². The number of hydrogen-bond donors (Lipinski definition) is 2. The zero-order valence-electron chi connectivity index (χ0n) is 13.1. The average Bonchev–Trinajstić information content (AvgIpc) is 3.35. The Labute approximate surface area is 157 Å². The Morgan fingerprint density at radius 1 is 1.50 bits per heavy atom. The highest BCUT2D eigenvalue weighted by Gasteiger charge is 2.27. The van der Waals surface area contributed by atoms with E-state index in [-0.39, 0.29) is 47.6 Å². The van der Waals surface area contributed by atoms with Crippen LogP contribution in [0.5, 0.6) is 0 Å². The summed E-state index contributed by atoms with van der Waals surface area (Å²) in [5, 5.41) is 10.7. The normalized spacial score (nSPS) is 14.8. The number of rotatable bonds is 7. The van der Waals surface area contributed by atoms with Crippen molar-refractivity contribution in [1.82, 2.24) is 9.62 Å². The van der Waals surface area contributed by atoms with Crippen LogP contribution in [0.3, 0.4) is 0 Å². The quantitative estimate of drug-likeness (QED) is 0.152. The molecule has 0 saturated heterocycles. The average molecular weight is 469 g/mol. The molecule has 24 heavy (non-hydrogen) atoms. The molecule has 9 nitrogen and oxygen atoms in total. The first-order chi connectivity index (χ1) is 10.8. The predicted octanol–water partition coefficient (Wildman–Crippen LogP) is 0.900. The van der Waals surface area contributed by atoms with Gasteiger partial charge in [0.2, 0.25) is 10.0 Å². The summed E-state index contributed by atoms with van der Waals surface area (Å²) in [7, 11) is -1.97. The molecule has 0 radical (unpaired) electrons. The Hall–Kier alpha value is -1.47. The fourth-order valence-corrected chi connectivity index (χ4v) is 3.02. The van der Waals surface area contributed by atoms with Gasteiger partial charge in [-0.2, -0.15) is 0 Å². The van der Waals surface area contributed by atoms with Gasteiger partial charge in [-0.1, -0.05) is 6.07 Å². The molecular weight excluding hydrogens is 449 g/mol. The fraction of sp³-hybridized carbons (Fsp3) is 0.462. The van der Waals surface area contributed by atoms with Crippen molar-refractivity contribution in [3.05, 3.63) is 34.4 Å². The van der Waals surface area contributed by atoms with Crippen molar-refractivity contribution in [2.75, 3.05) is 20.1 Å². The standard InChI is InChI=1S/C13H19N5O4S.HI/c1-17(10-5-6-10)13(14)15-7-8-16-23(21,22)12-4-2-3-11(9-12)18(19)20;/h2-4,9-10,16H,5-8H2,1H3,(H2,14,15);1H. The molecule has 1 fully saturated rings. The van der Waals surface area contributed by atoms with E-state index in [0.29, 0.717) is 12.0 Å². The highest BCUT2D eigenvalue weighted by atomic mass is 127. The summed E-state index contributed by atoms with van der Waals surface area (Å²) in [6.45, 7) is 0.251. The molecule has 0 heterocycles. The smallest absolute Gasteiger partial charge is 0.270 e. The number of guanidine groups is 1. The van der Waals surface area contributed by atoms with Gasteiger partial charge in [0.15, 0.2) is 5.96 Å². The van der Waals surface area contributed by atoms with E-state index in [1.54, 1.807) is 0 Å². The van der Waals surface area contributed by atoms with E-state index in [1.807, 2.05) is 11.9 Å². The van der Waals surface area contributed by atoms with Crippen LogP contribution in [0.25, 0.3) is 0 Å². The summed E-state index contributed by atoms with van der Waals surface area (Å²) in [5.41, 5.74) is 5.52. The van der Waals surface area contributed by atoms with Gasteiger partial charge >= 0.3 is 0 Å². The van der Waals surface area contributed by atoms with Crippen LogP contribution in [0.2, 0.25) is 0 Å². The highest BCUT2D eigenvalue weighted by molar-refractivity contribution is 14.0. The lowest BCUT2D eigenvalue weighted by atomic mass is 10.3. The molecular formula is C13H20IN5O4S. The van der Waals surface area contributed by atoms with Crippen molar-refractivity contribution in [2.24, 2.45) is 10.7 Å². The maximum Gasteiger partial charge on any atom is 0.270 e. The van der Waals surface area contributed by atoms with Crippen molar-refractivity contribution in [1.29, 1.82) is 0 Å². The molecule has 1 aliphatic rings.